The summed E-state index contributed by atoms with van der Waals surface area (Å²) in [7, 11) is 0. The molecule has 3 aliphatic heterocycles. The smallest absolute Gasteiger partial charge is 0.238 e. The Kier molecular flexibility index (Phi) is 5.42. The Hall–Kier alpha value is -4.29. The van der Waals surface area contributed by atoms with Gasteiger partial charge in [0.25, 0.3) is 0 Å². The van der Waals surface area contributed by atoms with Crippen LogP contribution in [0.3, 0.4) is 0 Å². The number of hydrogen-bond donors (Lipinski definition) is 1. The Morgan fingerprint density at radius 1 is 0.769 bits per heavy atom. The summed E-state index contributed by atoms with van der Waals surface area (Å²) in [5, 5.41) is 3.06. The number of ketones is 2. The molecule has 0 aliphatic carbocycles. The van der Waals surface area contributed by atoms with E-state index < -0.39 is 23.4 Å². The van der Waals surface area contributed by atoms with Crippen LogP contribution in [0.4, 0.5) is 11.4 Å². The summed E-state index contributed by atoms with van der Waals surface area (Å²) in [4.78, 5) is 45.5. The van der Waals surface area contributed by atoms with E-state index in [-0.39, 0.29) is 17.5 Å². The van der Waals surface area contributed by atoms with E-state index in [1.807, 2.05) is 95.9 Å². The van der Waals surface area contributed by atoms with Crippen LogP contribution in [0.2, 0.25) is 0 Å². The van der Waals surface area contributed by atoms with E-state index >= 15 is 0 Å². The summed E-state index contributed by atoms with van der Waals surface area (Å²) in [5.41, 5.74) is 2.86. The molecule has 0 bridgehead atoms. The van der Waals surface area contributed by atoms with Gasteiger partial charge in [-0.3, -0.25) is 14.4 Å². The minimum Gasteiger partial charge on any atom is -0.352 e. The predicted molar refractivity (Wildman–Crippen MR) is 155 cm³/mol. The topological polar surface area (TPSA) is 66.5 Å². The first kappa shape index (κ1) is 23.8. The standard InChI is InChI=1S/C33H23BrN2O3/c34-23-17-14-22(15-18-23)31(38)29-28(30(37)21-9-2-1-3-10-21)33(24-11-5-6-12-25(24)35-32(33)39)27-19-16-20-8-4-7-13-26(20)36(27)29/h1-19,27-29H,(H,35,39)/t27-,28+,29-,33-/m1/s1. The number of carbonyl (C=O) groups is 3. The summed E-state index contributed by atoms with van der Waals surface area (Å²) in [6, 6.07) is 30.1. The molecule has 1 fully saturated rings. The van der Waals surface area contributed by atoms with Crippen LogP contribution < -0.4 is 10.2 Å². The van der Waals surface area contributed by atoms with Gasteiger partial charge in [0.1, 0.15) is 11.5 Å². The maximum absolute atomic E-state index is 14.6. The molecule has 39 heavy (non-hydrogen) atoms. The fraction of sp³-hybridized carbons (Fsp3) is 0.121. The van der Waals surface area contributed by atoms with E-state index in [0.29, 0.717) is 16.8 Å². The first-order valence-electron chi connectivity index (χ1n) is 12.9. The molecular weight excluding hydrogens is 552 g/mol. The quantitative estimate of drug-likeness (QED) is 0.290. The lowest BCUT2D eigenvalue weighted by atomic mass is 9.64. The lowest BCUT2D eigenvalue weighted by Crippen LogP contribution is -2.51. The maximum Gasteiger partial charge on any atom is 0.238 e. The Morgan fingerprint density at radius 3 is 2.23 bits per heavy atom. The Morgan fingerprint density at radius 2 is 1.44 bits per heavy atom. The molecule has 0 saturated carbocycles. The van der Waals surface area contributed by atoms with Gasteiger partial charge >= 0.3 is 0 Å². The zero-order chi connectivity index (χ0) is 26.7. The van der Waals surface area contributed by atoms with E-state index in [1.165, 1.54) is 0 Å². The highest BCUT2D eigenvalue weighted by Crippen LogP contribution is 2.58. The normalized spacial score (nSPS) is 24.2. The lowest BCUT2D eigenvalue weighted by Gasteiger charge is -2.37. The number of nitrogens with zero attached hydrogens (tertiary/aromatic N) is 1. The summed E-state index contributed by atoms with van der Waals surface area (Å²) < 4.78 is 0.854. The molecule has 3 aliphatic rings. The molecule has 0 aromatic heterocycles. The van der Waals surface area contributed by atoms with E-state index in [0.717, 1.165) is 21.3 Å². The number of rotatable bonds is 4. The number of anilines is 2. The molecule has 6 heteroatoms. The average molecular weight is 575 g/mol. The van der Waals surface area contributed by atoms with Crippen molar-refractivity contribution in [3.63, 3.8) is 0 Å². The molecule has 190 valence electrons. The first-order chi connectivity index (χ1) is 19.0. The molecule has 5 nitrogen and oxygen atoms in total. The van der Waals surface area contributed by atoms with Crippen LogP contribution >= 0.6 is 15.9 Å². The third-order valence-electron chi connectivity index (χ3n) is 8.28. The predicted octanol–water partition coefficient (Wildman–Crippen LogP) is 6.31. The number of benzene rings is 4. The number of halogens is 1. The molecule has 1 spiro atoms. The highest BCUT2D eigenvalue weighted by molar-refractivity contribution is 9.10. The van der Waals surface area contributed by atoms with Gasteiger partial charge < -0.3 is 10.2 Å². The van der Waals surface area contributed by atoms with Gasteiger partial charge in [-0.25, -0.2) is 0 Å². The monoisotopic (exact) mass is 574 g/mol. The van der Waals surface area contributed by atoms with Crippen molar-refractivity contribution in [2.24, 2.45) is 5.92 Å². The van der Waals surface area contributed by atoms with Crippen LogP contribution in [0, 0.1) is 5.92 Å². The average Bonchev–Trinajstić information content (AvgIpc) is 3.45. The molecule has 4 atom stereocenters. The molecule has 1 saturated heterocycles. The second-order valence-corrected chi connectivity index (χ2v) is 11.1. The van der Waals surface area contributed by atoms with Gasteiger partial charge in [-0.2, -0.15) is 0 Å². The van der Waals surface area contributed by atoms with E-state index in [4.69, 9.17) is 0 Å². The van der Waals surface area contributed by atoms with Crippen molar-refractivity contribution < 1.29 is 14.4 Å². The minimum atomic E-state index is -1.30. The number of amides is 1. The largest absolute Gasteiger partial charge is 0.352 e. The van der Waals surface area contributed by atoms with Crippen molar-refractivity contribution in [2.75, 3.05) is 10.2 Å². The van der Waals surface area contributed by atoms with Crippen molar-refractivity contribution in [2.45, 2.75) is 17.5 Å². The van der Waals surface area contributed by atoms with Gasteiger partial charge in [0.05, 0.1) is 12.0 Å². The van der Waals surface area contributed by atoms with Gasteiger partial charge in [0.2, 0.25) is 5.91 Å². The molecular formula is C33H23BrN2O3. The third kappa shape index (κ3) is 3.34. The summed E-state index contributed by atoms with van der Waals surface area (Å²) in [6.45, 7) is 0. The highest BCUT2D eigenvalue weighted by atomic mass is 79.9. The van der Waals surface area contributed by atoms with Crippen molar-refractivity contribution in [1.82, 2.24) is 0 Å². The number of fused-ring (bicyclic) bond motifs is 6. The molecule has 3 heterocycles. The highest BCUT2D eigenvalue weighted by Gasteiger charge is 2.70. The summed E-state index contributed by atoms with van der Waals surface area (Å²) in [6.07, 6.45) is 3.99. The van der Waals surface area contributed by atoms with Crippen LogP contribution in [-0.4, -0.2) is 29.6 Å². The first-order valence-corrected chi connectivity index (χ1v) is 13.7. The van der Waals surface area contributed by atoms with Crippen LogP contribution in [0.15, 0.2) is 114 Å². The Balaban J connectivity index is 1.54. The number of nitrogens with one attached hydrogen (secondary N) is 1. The lowest BCUT2D eigenvalue weighted by molar-refractivity contribution is -0.121. The molecule has 7 rings (SSSR count). The van der Waals surface area contributed by atoms with Crippen molar-refractivity contribution in [1.29, 1.82) is 0 Å². The van der Waals surface area contributed by atoms with Gasteiger partial charge in [0, 0.05) is 27.0 Å². The minimum absolute atomic E-state index is 0.194. The number of hydrogen-bond acceptors (Lipinski definition) is 4. The van der Waals surface area contributed by atoms with Crippen LogP contribution in [0.5, 0.6) is 0 Å². The van der Waals surface area contributed by atoms with E-state index in [1.54, 1.807) is 24.3 Å². The fourth-order valence-electron chi connectivity index (χ4n) is 6.69. The van der Waals surface area contributed by atoms with Crippen LogP contribution in [-0.2, 0) is 10.2 Å². The van der Waals surface area contributed by atoms with Gasteiger partial charge in [0.15, 0.2) is 11.6 Å². The number of carbonyl (C=O) groups excluding carboxylic acids is 3. The fourth-order valence-corrected chi connectivity index (χ4v) is 6.95. The SMILES string of the molecule is O=C(c1ccccc1)[C@@H]1[C@H](C(=O)c2ccc(Br)cc2)N2c3ccccc3C=C[C@@H]2[C@@]12C(=O)Nc1ccccc12. The number of para-hydroxylation sites is 2. The maximum atomic E-state index is 14.6. The second-order valence-electron chi connectivity index (χ2n) is 10.2. The zero-order valence-electron chi connectivity index (χ0n) is 20.8. The molecule has 0 radical (unpaired) electrons. The van der Waals surface area contributed by atoms with Gasteiger partial charge in [-0.05, 0) is 35.4 Å². The molecule has 4 aromatic rings. The Bertz CT molecular complexity index is 1680. The van der Waals surface area contributed by atoms with Crippen LogP contribution in [0.1, 0.15) is 31.8 Å². The number of Topliss-reactive ketones (excluding diaryl/α,β-unsaturated/α-hetero) is 2. The molecule has 4 aromatic carbocycles. The molecule has 0 unspecified atom stereocenters. The van der Waals surface area contributed by atoms with Gasteiger partial charge in [-0.15, -0.1) is 0 Å². The molecule has 1 amide bonds. The van der Waals surface area contributed by atoms with Crippen LogP contribution in [0.25, 0.3) is 6.08 Å². The summed E-state index contributed by atoms with van der Waals surface area (Å²) in [5.74, 6) is -1.65. The van der Waals surface area contributed by atoms with E-state index in [9.17, 15) is 14.4 Å². The van der Waals surface area contributed by atoms with Gasteiger partial charge in [-0.1, -0.05) is 107 Å². The van der Waals surface area contributed by atoms with Crippen molar-refractivity contribution in [3.8, 4) is 0 Å². The summed E-state index contributed by atoms with van der Waals surface area (Å²) >= 11 is 3.46. The molecule has 1 N–H and O–H groups in total. The van der Waals surface area contributed by atoms with Crippen molar-refractivity contribution in [3.05, 3.63) is 136 Å². The zero-order valence-corrected chi connectivity index (χ0v) is 22.3. The van der Waals surface area contributed by atoms with Crippen molar-refractivity contribution >= 4 is 50.9 Å². The second kappa shape index (κ2) is 8.89. The third-order valence-corrected chi connectivity index (χ3v) is 8.81. The van der Waals surface area contributed by atoms with E-state index in [2.05, 4.69) is 21.2 Å². The Labute approximate surface area is 234 Å².